The second-order valence-electron chi connectivity index (χ2n) is 4.73. The van der Waals surface area contributed by atoms with E-state index in [1.54, 1.807) is 0 Å². The van der Waals surface area contributed by atoms with Gasteiger partial charge in [-0.3, -0.25) is 4.79 Å². The lowest BCUT2D eigenvalue weighted by atomic mass is 9.96. The van der Waals surface area contributed by atoms with Crippen molar-refractivity contribution in [1.29, 1.82) is 0 Å². The molecule has 0 spiro atoms. The first kappa shape index (κ1) is 15.4. The van der Waals surface area contributed by atoms with Crippen molar-refractivity contribution in [3.8, 4) is 0 Å². The maximum atomic E-state index is 12.0. The molecule has 94 valence electrons. The Morgan fingerprint density at radius 1 is 1.44 bits per heavy atom. The number of rotatable bonds is 7. The van der Waals surface area contributed by atoms with Crippen LogP contribution in [0.1, 0.15) is 53.4 Å². The summed E-state index contributed by atoms with van der Waals surface area (Å²) in [6, 6.07) is 0. The number of carbonyl (C=O) groups is 1. The number of carbonyl (C=O) groups excluding carboxylic acids is 1. The molecule has 0 aromatic heterocycles. The molecule has 3 N–H and O–H groups in total. The molecule has 0 heterocycles. The van der Waals surface area contributed by atoms with Crippen LogP contribution in [0.5, 0.6) is 0 Å². The van der Waals surface area contributed by atoms with Crippen LogP contribution in [0, 0.1) is 5.92 Å². The van der Waals surface area contributed by atoms with Gasteiger partial charge in [0, 0.05) is 5.92 Å². The van der Waals surface area contributed by atoms with Crippen LogP contribution in [-0.2, 0) is 4.79 Å². The van der Waals surface area contributed by atoms with Crippen molar-refractivity contribution in [2.24, 2.45) is 11.7 Å². The van der Waals surface area contributed by atoms with Crippen LogP contribution in [0.4, 0.5) is 0 Å². The van der Waals surface area contributed by atoms with E-state index in [9.17, 15) is 4.79 Å². The van der Waals surface area contributed by atoms with Gasteiger partial charge in [0.05, 0.1) is 10.5 Å². The van der Waals surface area contributed by atoms with Crippen LogP contribution in [-0.4, -0.2) is 16.4 Å². The van der Waals surface area contributed by atoms with E-state index in [2.05, 4.69) is 12.2 Å². The van der Waals surface area contributed by atoms with Gasteiger partial charge in [-0.1, -0.05) is 38.9 Å². The molecule has 16 heavy (non-hydrogen) atoms. The van der Waals surface area contributed by atoms with Crippen molar-refractivity contribution in [2.45, 2.75) is 58.9 Å². The smallest absolute Gasteiger partial charge is 0.223 e. The molecular formula is C12H24N2OS. The van der Waals surface area contributed by atoms with E-state index in [0.29, 0.717) is 4.99 Å². The zero-order valence-electron chi connectivity index (χ0n) is 10.8. The van der Waals surface area contributed by atoms with Gasteiger partial charge >= 0.3 is 0 Å². The lowest BCUT2D eigenvalue weighted by Crippen LogP contribution is -2.53. The van der Waals surface area contributed by atoms with Crippen molar-refractivity contribution in [2.75, 3.05) is 0 Å². The molecule has 0 fully saturated rings. The third kappa shape index (κ3) is 4.92. The number of nitrogens with one attached hydrogen (secondary N) is 1. The molecular weight excluding hydrogens is 220 g/mol. The molecule has 0 bridgehead atoms. The number of amides is 1. The first-order chi connectivity index (χ1) is 7.35. The van der Waals surface area contributed by atoms with Crippen LogP contribution in [0.25, 0.3) is 0 Å². The summed E-state index contributed by atoms with van der Waals surface area (Å²) in [7, 11) is 0. The third-order valence-electron chi connectivity index (χ3n) is 2.82. The largest absolute Gasteiger partial charge is 0.391 e. The van der Waals surface area contributed by atoms with E-state index in [1.165, 1.54) is 0 Å². The van der Waals surface area contributed by atoms with Gasteiger partial charge in [0.15, 0.2) is 0 Å². The molecule has 0 radical (unpaired) electrons. The van der Waals surface area contributed by atoms with E-state index in [-0.39, 0.29) is 11.8 Å². The highest BCUT2D eigenvalue weighted by Crippen LogP contribution is 2.14. The number of hydrogen-bond donors (Lipinski definition) is 2. The summed E-state index contributed by atoms with van der Waals surface area (Å²) >= 11 is 4.92. The van der Waals surface area contributed by atoms with Gasteiger partial charge in [0.1, 0.15) is 0 Å². The standard InChI is InChI=1S/C12H24N2OS/c1-5-7-8-9(6-2)10(15)14-12(3,4)11(13)16/h9H,5-8H2,1-4H3,(H2,13,16)(H,14,15). The second-order valence-corrected chi connectivity index (χ2v) is 5.17. The van der Waals surface area contributed by atoms with Crippen molar-refractivity contribution < 1.29 is 4.79 Å². The molecule has 0 saturated carbocycles. The molecule has 4 heteroatoms. The molecule has 0 saturated heterocycles. The average Bonchev–Trinajstić information content (AvgIpc) is 2.18. The molecule has 0 aliphatic rings. The summed E-state index contributed by atoms with van der Waals surface area (Å²) in [5.74, 6) is 0.141. The summed E-state index contributed by atoms with van der Waals surface area (Å²) in [5, 5.41) is 2.91. The Morgan fingerprint density at radius 3 is 2.38 bits per heavy atom. The first-order valence-corrected chi connectivity index (χ1v) is 6.37. The van der Waals surface area contributed by atoms with Gasteiger partial charge < -0.3 is 11.1 Å². The number of nitrogens with two attached hydrogens (primary N) is 1. The molecule has 1 atom stereocenters. The van der Waals surface area contributed by atoms with Crippen molar-refractivity contribution in [1.82, 2.24) is 5.32 Å². The Balaban J connectivity index is 4.36. The van der Waals surface area contributed by atoms with Crippen LogP contribution in [0.2, 0.25) is 0 Å². The molecule has 0 aliphatic heterocycles. The zero-order chi connectivity index (χ0) is 12.8. The van der Waals surface area contributed by atoms with Crippen LogP contribution in [0.3, 0.4) is 0 Å². The first-order valence-electron chi connectivity index (χ1n) is 5.97. The number of hydrogen-bond acceptors (Lipinski definition) is 2. The fraction of sp³-hybridized carbons (Fsp3) is 0.833. The Kier molecular flexibility index (Phi) is 6.56. The van der Waals surface area contributed by atoms with E-state index in [1.807, 2.05) is 20.8 Å². The Labute approximate surface area is 104 Å². The summed E-state index contributed by atoms with van der Waals surface area (Å²) in [4.78, 5) is 12.3. The Morgan fingerprint density at radius 2 is 2.00 bits per heavy atom. The fourth-order valence-electron chi connectivity index (χ4n) is 1.44. The summed E-state index contributed by atoms with van der Waals surface area (Å²) in [6.45, 7) is 7.83. The van der Waals surface area contributed by atoms with Crippen LogP contribution >= 0.6 is 12.2 Å². The fourth-order valence-corrected chi connectivity index (χ4v) is 1.49. The van der Waals surface area contributed by atoms with E-state index >= 15 is 0 Å². The maximum absolute atomic E-state index is 12.0. The minimum atomic E-state index is -0.591. The topological polar surface area (TPSA) is 55.1 Å². The summed E-state index contributed by atoms with van der Waals surface area (Å²) < 4.78 is 0. The molecule has 0 aromatic rings. The predicted octanol–water partition coefficient (Wildman–Crippen LogP) is 2.38. The van der Waals surface area contributed by atoms with Gasteiger partial charge in [-0.25, -0.2) is 0 Å². The van der Waals surface area contributed by atoms with Crippen LogP contribution in [0.15, 0.2) is 0 Å². The summed E-state index contributed by atoms with van der Waals surface area (Å²) in [6.07, 6.45) is 3.99. The molecule has 3 nitrogen and oxygen atoms in total. The molecule has 1 unspecified atom stereocenters. The van der Waals surface area contributed by atoms with E-state index in [0.717, 1.165) is 25.7 Å². The maximum Gasteiger partial charge on any atom is 0.223 e. The average molecular weight is 244 g/mol. The summed E-state index contributed by atoms with van der Waals surface area (Å²) in [5.41, 5.74) is 4.99. The molecule has 1 amide bonds. The minimum Gasteiger partial charge on any atom is -0.391 e. The lowest BCUT2D eigenvalue weighted by Gasteiger charge is -2.27. The van der Waals surface area contributed by atoms with Crippen LogP contribution < -0.4 is 11.1 Å². The molecule has 0 aromatic carbocycles. The highest BCUT2D eigenvalue weighted by molar-refractivity contribution is 7.80. The minimum absolute atomic E-state index is 0.0637. The highest BCUT2D eigenvalue weighted by atomic mass is 32.1. The Hall–Kier alpha value is -0.640. The van der Waals surface area contributed by atoms with Gasteiger partial charge in [0.25, 0.3) is 0 Å². The van der Waals surface area contributed by atoms with Crippen molar-refractivity contribution in [3.63, 3.8) is 0 Å². The van der Waals surface area contributed by atoms with Crippen molar-refractivity contribution >= 4 is 23.1 Å². The zero-order valence-corrected chi connectivity index (χ0v) is 11.6. The van der Waals surface area contributed by atoms with Gasteiger partial charge in [-0.05, 0) is 26.7 Å². The van der Waals surface area contributed by atoms with Gasteiger partial charge in [-0.2, -0.15) is 0 Å². The molecule has 0 rings (SSSR count). The van der Waals surface area contributed by atoms with Gasteiger partial charge in [-0.15, -0.1) is 0 Å². The number of unbranched alkanes of at least 4 members (excludes halogenated alkanes) is 1. The van der Waals surface area contributed by atoms with E-state index in [4.69, 9.17) is 18.0 Å². The Bertz CT molecular complexity index is 251. The number of thiocarbonyl (C=S) groups is 1. The van der Waals surface area contributed by atoms with Gasteiger partial charge in [0.2, 0.25) is 5.91 Å². The second kappa shape index (κ2) is 6.84. The highest BCUT2D eigenvalue weighted by Gasteiger charge is 2.26. The quantitative estimate of drug-likeness (QED) is 0.676. The molecule has 0 aliphatic carbocycles. The van der Waals surface area contributed by atoms with E-state index < -0.39 is 5.54 Å². The SMILES string of the molecule is CCCCC(CC)C(=O)NC(C)(C)C(N)=S. The third-order valence-corrected chi connectivity index (χ3v) is 3.33. The normalized spacial score (nSPS) is 13.2. The monoisotopic (exact) mass is 244 g/mol. The van der Waals surface area contributed by atoms with Crippen molar-refractivity contribution in [3.05, 3.63) is 0 Å². The lowest BCUT2D eigenvalue weighted by molar-refractivity contribution is -0.126. The predicted molar refractivity (Wildman–Crippen MR) is 72.3 cm³/mol.